The molecule has 104 valence electrons. The molecule has 0 spiro atoms. The Hall–Kier alpha value is -1.22. The van der Waals surface area contributed by atoms with Crippen molar-refractivity contribution in [2.24, 2.45) is 0 Å². The van der Waals surface area contributed by atoms with E-state index in [1.54, 1.807) is 0 Å². The van der Waals surface area contributed by atoms with Crippen LogP contribution in [0.1, 0.15) is 0 Å². The van der Waals surface area contributed by atoms with Crippen LogP contribution in [0.25, 0.3) is 0 Å². The van der Waals surface area contributed by atoms with E-state index in [2.05, 4.69) is 0 Å². The van der Waals surface area contributed by atoms with E-state index < -0.39 is 20.2 Å². The molecule has 1 amide bonds. The highest BCUT2D eigenvalue weighted by Gasteiger charge is 2.47. The Labute approximate surface area is 111 Å². The monoisotopic (exact) mass is 311 g/mol. The molecule has 2 rings (SSSR count). The van der Waals surface area contributed by atoms with Gasteiger partial charge in [0.05, 0.1) is 16.5 Å². The van der Waals surface area contributed by atoms with Gasteiger partial charge in [-0.25, -0.2) is 8.42 Å². The SMILES string of the molecule is O=C1CSCN1c1cccc(S(=O)(=O)C(F)(F)F)c1. The van der Waals surface area contributed by atoms with Crippen LogP contribution >= 0.6 is 11.8 Å². The number of anilines is 1. The quantitative estimate of drug-likeness (QED) is 0.838. The van der Waals surface area contributed by atoms with E-state index in [0.717, 1.165) is 12.1 Å². The summed E-state index contributed by atoms with van der Waals surface area (Å²) in [5.41, 5.74) is -5.20. The second kappa shape index (κ2) is 4.71. The van der Waals surface area contributed by atoms with Crippen molar-refractivity contribution in [3.05, 3.63) is 24.3 Å². The van der Waals surface area contributed by atoms with Gasteiger partial charge in [0, 0.05) is 5.69 Å². The Morgan fingerprint density at radius 1 is 1.26 bits per heavy atom. The summed E-state index contributed by atoms with van der Waals surface area (Å²) in [6, 6.07) is 4.32. The Bertz CT molecular complexity index is 613. The van der Waals surface area contributed by atoms with Gasteiger partial charge >= 0.3 is 5.51 Å². The molecule has 1 aromatic rings. The van der Waals surface area contributed by atoms with Crippen LogP contribution in [-0.4, -0.2) is 31.5 Å². The number of alkyl halides is 3. The van der Waals surface area contributed by atoms with E-state index in [0.29, 0.717) is 5.88 Å². The summed E-state index contributed by atoms with van der Waals surface area (Å²) >= 11 is 1.31. The van der Waals surface area contributed by atoms with Gasteiger partial charge < -0.3 is 4.90 Å². The number of sulfone groups is 1. The zero-order valence-corrected chi connectivity index (χ0v) is 11.0. The molecule has 0 saturated carbocycles. The predicted molar refractivity (Wildman–Crippen MR) is 64.5 cm³/mol. The molecule has 0 N–H and O–H groups in total. The van der Waals surface area contributed by atoms with E-state index >= 15 is 0 Å². The van der Waals surface area contributed by atoms with Crippen LogP contribution < -0.4 is 4.90 Å². The van der Waals surface area contributed by atoms with Crippen molar-refractivity contribution >= 4 is 33.2 Å². The number of halogens is 3. The lowest BCUT2D eigenvalue weighted by atomic mass is 10.3. The van der Waals surface area contributed by atoms with Crippen LogP contribution in [0.15, 0.2) is 29.2 Å². The van der Waals surface area contributed by atoms with Gasteiger partial charge in [-0.05, 0) is 18.2 Å². The number of carbonyl (C=O) groups is 1. The van der Waals surface area contributed by atoms with Crippen LogP contribution in [0.5, 0.6) is 0 Å². The molecule has 0 aromatic heterocycles. The maximum absolute atomic E-state index is 12.4. The largest absolute Gasteiger partial charge is 0.501 e. The first-order chi connectivity index (χ1) is 8.73. The molecule has 1 aliphatic rings. The fourth-order valence-corrected chi connectivity index (χ4v) is 3.24. The number of carbonyl (C=O) groups excluding carboxylic acids is 1. The first kappa shape index (κ1) is 14.2. The number of benzene rings is 1. The molecule has 0 unspecified atom stereocenters. The van der Waals surface area contributed by atoms with Crippen LogP contribution in [0.2, 0.25) is 0 Å². The van der Waals surface area contributed by atoms with Gasteiger partial charge in [0.1, 0.15) is 0 Å². The van der Waals surface area contributed by atoms with E-state index in [9.17, 15) is 26.4 Å². The first-order valence-corrected chi connectivity index (χ1v) is 7.67. The maximum atomic E-state index is 12.4. The number of hydrogen-bond acceptors (Lipinski definition) is 4. The van der Waals surface area contributed by atoms with Crippen molar-refractivity contribution in [1.29, 1.82) is 0 Å². The molecule has 1 heterocycles. The lowest BCUT2D eigenvalue weighted by molar-refractivity contribution is -0.115. The second-order valence-electron chi connectivity index (χ2n) is 3.75. The third-order valence-electron chi connectivity index (χ3n) is 2.49. The zero-order chi connectivity index (χ0) is 14.3. The molecule has 9 heteroatoms. The van der Waals surface area contributed by atoms with Crippen molar-refractivity contribution in [2.75, 3.05) is 16.5 Å². The van der Waals surface area contributed by atoms with Crippen LogP contribution in [0.3, 0.4) is 0 Å². The summed E-state index contributed by atoms with van der Waals surface area (Å²) in [5.74, 6) is 0.275. The molecule has 19 heavy (non-hydrogen) atoms. The lowest BCUT2D eigenvalue weighted by Crippen LogP contribution is -2.26. The van der Waals surface area contributed by atoms with E-state index in [-0.39, 0.29) is 17.3 Å². The van der Waals surface area contributed by atoms with Crippen molar-refractivity contribution < 1.29 is 26.4 Å². The molecule has 0 aliphatic carbocycles. The molecular formula is C10H8F3NO3S2. The van der Waals surface area contributed by atoms with Crippen molar-refractivity contribution in [3.63, 3.8) is 0 Å². The summed E-state index contributed by atoms with van der Waals surface area (Å²) in [7, 11) is -5.39. The molecule has 1 fully saturated rings. The number of rotatable bonds is 2. The molecule has 1 aliphatic heterocycles. The van der Waals surface area contributed by atoms with E-state index in [1.807, 2.05) is 0 Å². The minimum atomic E-state index is -5.39. The van der Waals surface area contributed by atoms with Gasteiger partial charge in [0.15, 0.2) is 0 Å². The Balaban J connectivity index is 2.43. The summed E-state index contributed by atoms with van der Waals surface area (Å²) in [4.78, 5) is 11.9. The minimum absolute atomic E-state index is 0.153. The van der Waals surface area contributed by atoms with Gasteiger partial charge in [-0.3, -0.25) is 4.79 Å². The van der Waals surface area contributed by atoms with E-state index in [4.69, 9.17) is 0 Å². The smallest absolute Gasteiger partial charge is 0.302 e. The Morgan fingerprint density at radius 3 is 2.47 bits per heavy atom. The number of nitrogens with zero attached hydrogens (tertiary/aromatic N) is 1. The van der Waals surface area contributed by atoms with Gasteiger partial charge in [-0.1, -0.05) is 6.07 Å². The van der Waals surface area contributed by atoms with Gasteiger partial charge in [-0.2, -0.15) is 13.2 Å². The average Bonchev–Trinajstić information content (AvgIpc) is 2.74. The number of amides is 1. The van der Waals surface area contributed by atoms with Crippen LogP contribution in [0.4, 0.5) is 18.9 Å². The Morgan fingerprint density at radius 2 is 1.95 bits per heavy atom. The van der Waals surface area contributed by atoms with Crippen molar-refractivity contribution in [2.45, 2.75) is 10.4 Å². The van der Waals surface area contributed by atoms with Crippen molar-refractivity contribution in [3.8, 4) is 0 Å². The van der Waals surface area contributed by atoms with Gasteiger partial charge in [0.25, 0.3) is 9.84 Å². The van der Waals surface area contributed by atoms with E-state index in [1.165, 1.54) is 28.8 Å². The molecular weight excluding hydrogens is 303 g/mol. The van der Waals surface area contributed by atoms with Gasteiger partial charge in [-0.15, -0.1) is 11.8 Å². The highest BCUT2D eigenvalue weighted by atomic mass is 32.2. The summed E-state index contributed by atoms with van der Waals surface area (Å²) in [6.45, 7) is 0. The normalized spacial score (nSPS) is 17.0. The second-order valence-corrected chi connectivity index (χ2v) is 6.64. The van der Waals surface area contributed by atoms with Crippen molar-refractivity contribution in [1.82, 2.24) is 0 Å². The third-order valence-corrected chi connectivity index (χ3v) is 4.87. The Kier molecular flexibility index (Phi) is 3.52. The first-order valence-electron chi connectivity index (χ1n) is 5.03. The number of hydrogen-bond donors (Lipinski definition) is 0. The summed E-state index contributed by atoms with van der Waals surface area (Å²) in [5, 5.41) is 0. The highest BCUT2D eigenvalue weighted by Crippen LogP contribution is 2.33. The topological polar surface area (TPSA) is 54.5 Å². The molecule has 1 aromatic carbocycles. The predicted octanol–water partition coefficient (Wildman–Crippen LogP) is 2.02. The van der Waals surface area contributed by atoms with Crippen LogP contribution in [-0.2, 0) is 14.6 Å². The zero-order valence-electron chi connectivity index (χ0n) is 9.35. The highest BCUT2D eigenvalue weighted by molar-refractivity contribution is 8.00. The van der Waals surface area contributed by atoms with Crippen LogP contribution in [0, 0.1) is 0 Å². The fraction of sp³-hybridized carbons (Fsp3) is 0.300. The van der Waals surface area contributed by atoms with Gasteiger partial charge in [0.2, 0.25) is 5.91 Å². The molecule has 1 saturated heterocycles. The molecule has 0 radical (unpaired) electrons. The summed E-state index contributed by atoms with van der Waals surface area (Å²) in [6.07, 6.45) is 0. The molecule has 4 nitrogen and oxygen atoms in total. The lowest BCUT2D eigenvalue weighted by Gasteiger charge is -2.16. The minimum Gasteiger partial charge on any atom is -0.302 e. The average molecular weight is 311 g/mol. The molecule has 0 bridgehead atoms. The molecule has 0 atom stereocenters. The fourth-order valence-electron chi connectivity index (χ4n) is 1.54. The third kappa shape index (κ3) is 2.57. The maximum Gasteiger partial charge on any atom is 0.501 e. The number of thioether (sulfide) groups is 1. The summed E-state index contributed by atoms with van der Waals surface area (Å²) < 4.78 is 59.8. The standard InChI is InChI=1S/C10H8F3NO3S2/c11-10(12,13)19(16,17)8-3-1-2-7(4-8)14-6-18-5-9(14)15/h1-4H,5-6H2.